The van der Waals surface area contributed by atoms with E-state index in [-0.39, 0.29) is 5.92 Å². The first-order chi connectivity index (χ1) is 7.09. The number of aliphatic carboxylic acids is 1. The zero-order chi connectivity index (χ0) is 11.3. The summed E-state index contributed by atoms with van der Waals surface area (Å²) in [6.07, 6.45) is 2.45. The second kappa shape index (κ2) is 6.08. The highest BCUT2D eigenvalue weighted by Gasteiger charge is 2.18. The molecule has 0 aliphatic carbocycles. The predicted molar refractivity (Wildman–Crippen MR) is 59.9 cm³/mol. The van der Waals surface area contributed by atoms with Crippen LogP contribution in [0.2, 0.25) is 0 Å². The quantitative estimate of drug-likeness (QED) is 0.637. The first kappa shape index (κ1) is 12.5. The minimum atomic E-state index is -0.719. The van der Waals surface area contributed by atoms with Gasteiger partial charge in [-0.1, -0.05) is 6.92 Å². The van der Waals surface area contributed by atoms with E-state index >= 15 is 0 Å². The normalized spacial score (nSPS) is 24.3. The highest BCUT2D eigenvalue weighted by atomic mass is 16.4. The zero-order valence-corrected chi connectivity index (χ0v) is 9.70. The molecule has 0 aromatic carbocycles. The van der Waals surface area contributed by atoms with Crippen LogP contribution < -0.4 is 5.32 Å². The molecule has 1 aliphatic rings. The molecule has 0 aromatic heterocycles. The van der Waals surface area contributed by atoms with E-state index in [0.717, 1.165) is 18.9 Å². The molecule has 0 amide bonds. The Morgan fingerprint density at radius 3 is 2.93 bits per heavy atom. The lowest BCUT2D eigenvalue weighted by molar-refractivity contribution is -0.140. The van der Waals surface area contributed by atoms with E-state index in [0.29, 0.717) is 6.54 Å². The molecule has 0 spiro atoms. The van der Waals surface area contributed by atoms with Crippen LogP contribution in [0.5, 0.6) is 0 Å². The molecule has 0 radical (unpaired) electrons. The summed E-state index contributed by atoms with van der Waals surface area (Å²) in [6.45, 7) is 5.65. The van der Waals surface area contributed by atoms with Gasteiger partial charge < -0.3 is 15.3 Å². The van der Waals surface area contributed by atoms with Crippen molar-refractivity contribution in [1.29, 1.82) is 0 Å². The van der Waals surface area contributed by atoms with Crippen LogP contribution in [0.25, 0.3) is 0 Å². The Morgan fingerprint density at radius 1 is 1.67 bits per heavy atom. The molecule has 0 saturated carbocycles. The molecular weight excluding hydrogens is 192 g/mol. The molecule has 4 heteroatoms. The highest BCUT2D eigenvalue weighted by molar-refractivity contribution is 5.69. The maximum Gasteiger partial charge on any atom is 0.307 e. The molecule has 1 saturated heterocycles. The van der Waals surface area contributed by atoms with Crippen LogP contribution in [0.3, 0.4) is 0 Å². The maximum atomic E-state index is 10.5. The number of nitrogens with one attached hydrogen (secondary N) is 1. The minimum absolute atomic E-state index is 0.281. The molecule has 2 unspecified atom stereocenters. The monoisotopic (exact) mass is 214 g/mol. The number of nitrogens with zero attached hydrogens (tertiary/aromatic N) is 1. The van der Waals surface area contributed by atoms with Crippen LogP contribution in [0.15, 0.2) is 0 Å². The fourth-order valence-electron chi connectivity index (χ4n) is 1.97. The molecule has 0 aromatic rings. The average Bonchev–Trinajstić information content (AvgIpc) is 2.58. The van der Waals surface area contributed by atoms with Gasteiger partial charge in [0.1, 0.15) is 0 Å². The molecule has 0 bridgehead atoms. The Morgan fingerprint density at radius 2 is 2.40 bits per heavy atom. The van der Waals surface area contributed by atoms with E-state index in [2.05, 4.69) is 17.3 Å². The average molecular weight is 214 g/mol. The Hall–Kier alpha value is -0.610. The molecular formula is C11H22N2O2. The van der Waals surface area contributed by atoms with E-state index in [1.807, 2.05) is 0 Å². The third kappa shape index (κ3) is 4.62. The third-order valence-electron chi connectivity index (χ3n) is 3.09. The van der Waals surface area contributed by atoms with Gasteiger partial charge in [-0.3, -0.25) is 4.79 Å². The van der Waals surface area contributed by atoms with Crippen LogP contribution in [0.4, 0.5) is 0 Å². The van der Waals surface area contributed by atoms with Crippen LogP contribution in [-0.2, 0) is 4.79 Å². The van der Waals surface area contributed by atoms with E-state index in [9.17, 15) is 4.79 Å². The van der Waals surface area contributed by atoms with Crippen molar-refractivity contribution >= 4 is 5.97 Å². The lowest BCUT2D eigenvalue weighted by Gasteiger charge is -2.12. The van der Waals surface area contributed by atoms with Crippen molar-refractivity contribution in [2.24, 2.45) is 11.8 Å². The van der Waals surface area contributed by atoms with Crippen molar-refractivity contribution in [1.82, 2.24) is 10.2 Å². The van der Waals surface area contributed by atoms with Crippen molar-refractivity contribution < 1.29 is 9.90 Å². The Labute approximate surface area is 91.6 Å². The van der Waals surface area contributed by atoms with Gasteiger partial charge in [-0.2, -0.15) is 0 Å². The molecule has 88 valence electrons. The third-order valence-corrected chi connectivity index (χ3v) is 3.09. The van der Waals surface area contributed by atoms with Crippen molar-refractivity contribution in [2.45, 2.75) is 19.8 Å². The standard InChI is InChI=1S/C11H22N2O2/c1-9(11(14)15)7-12-5-3-10-4-6-13(2)8-10/h9-10,12H,3-8H2,1-2H3,(H,14,15). The summed E-state index contributed by atoms with van der Waals surface area (Å²) < 4.78 is 0. The van der Waals surface area contributed by atoms with E-state index in [4.69, 9.17) is 5.11 Å². The molecule has 2 N–H and O–H groups in total. The van der Waals surface area contributed by atoms with Gasteiger partial charge in [0, 0.05) is 13.1 Å². The van der Waals surface area contributed by atoms with Gasteiger partial charge in [0.2, 0.25) is 0 Å². The molecule has 1 aliphatic heterocycles. The van der Waals surface area contributed by atoms with Gasteiger partial charge in [0.15, 0.2) is 0 Å². The van der Waals surface area contributed by atoms with Gasteiger partial charge in [-0.15, -0.1) is 0 Å². The summed E-state index contributed by atoms with van der Waals surface area (Å²) in [6, 6.07) is 0. The predicted octanol–water partition coefficient (Wildman–Crippen LogP) is 0.639. The lowest BCUT2D eigenvalue weighted by Crippen LogP contribution is -2.28. The van der Waals surface area contributed by atoms with Gasteiger partial charge in [0.05, 0.1) is 5.92 Å². The van der Waals surface area contributed by atoms with Crippen LogP contribution in [0, 0.1) is 11.8 Å². The Kier molecular flexibility index (Phi) is 5.05. The summed E-state index contributed by atoms with van der Waals surface area (Å²) in [7, 11) is 2.15. The lowest BCUT2D eigenvalue weighted by atomic mass is 10.1. The molecule has 1 heterocycles. The van der Waals surface area contributed by atoms with E-state index in [1.165, 1.54) is 19.5 Å². The first-order valence-corrected chi connectivity index (χ1v) is 5.71. The van der Waals surface area contributed by atoms with Crippen molar-refractivity contribution in [3.63, 3.8) is 0 Å². The SMILES string of the molecule is CC(CNCCC1CCN(C)C1)C(=O)O. The molecule has 1 fully saturated rings. The largest absolute Gasteiger partial charge is 0.481 e. The number of rotatable bonds is 6. The topological polar surface area (TPSA) is 52.6 Å². The number of carboxylic acid groups (broad SMARTS) is 1. The zero-order valence-electron chi connectivity index (χ0n) is 9.70. The fraction of sp³-hybridized carbons (Fsp3) is 0.909. The number of hydrogen-bond donors (Lipinski definition) is 2. The molecule has 4 nitrogen and oxygen atoms in total. The Balaban J connectivity index is 2.00. The molecule has 2 atom stereocenters. The first-order valence-electron chi connectivity index (χ1n) is 5.71. The van der Waals surface area contributed by atoms with Crippen LogP contribution >= 0.6 is 0 Å². The summed E-state index contributed by atoms with van der Waals surface area (Å²) in [4.78, 5) is 12.9. The number of hydrogen-bond acceptors (Lipinski definition) is 3. The van der Waals surface area contributed by atoms with E-state index in [1.54, 1.807) is 6.92 Å². The van der Waals surface area contributed by atoms with Gasteiger partial charge in [-0.25, -0.2) is 0 Å². The number of likely N-dealkylation sites (tertiary alicyclic amines) is 1. The Bertz CT molecular complexity index is 209. The molecule has 15 heavy (non-hydrogen) atoms. The van der Waals surface area contributed by atoms with Crippen molar-refractivity contribution in [3.8, 4) is 0 Å². The minimum Gasteiger partial charge on any atom is -0.481 e. The number of carbonyl (C=O) groups is 1. The van der Waals surface area contributed by atoms with Crippen LogP contribution in [-0.4, -0.2) is 49.2 Å². The summed E-state index contributed by atoms with van der Waals surface area (Å²) in [5.41, 5.74) is 0. The van der Waals surface area contributed by atoms with Gasteiger partial charge in [-0.05, 0) is 38.9 Å². The summed E-state index contributed by atoms with van der Waals surface area (Å²) in [5.74, 6) is -0.206. The van der Waals surface area contributed by atoms with E-state index < -0.39 is 5.97 Å². The fourth-order valence-corrected chi connectivity index (χ4v) is 1.97. The second-order valence-electron chi connectivity index (χ2n) is 4.65. The van der Waals surface area contributed by atoms with Crippen molar-refractivity contribution in [2.75, 3.05) is 33.2 Å². The highest BCUT2D eigenvalue weighted by Crippen LogP contribution is 2.16. The second-order valence-corrected chi connectivity index (χ2v) is 4.65. The summed E-state index contributed by atoms with van der Waals surface area (Å²) >= 11 is 0. The van der Waals surface area contributed by atoms with Crippen molar-refractivity contribution in [3.05, 3.63) is 0 Å². The summed E-state index contributed by atoms with van der Waals surface area (Å²) in [5, 5.41) is 11.9. The van der Waals surface area contributed by atoms with Gasteiger partial charge >= 0.3 is 5.97 Å². The number of carboxylic acids is 1. The maximum absolute atomic E-state index is 10.5. The van der Waals surface area contributed by atoms with Crippen LogP contribution in [0.1, 0.15) is 19.8 Å². The van der Waals surface area contributed by atoms with Gasteiger partial charge in [0.25, 0.3) is 0 Å². The smallest absolute Gasteiger partial charge is 0.307 e. The molecule has 1 rings (SSSR count).